The second kappa shape index (κ2) is 11.0. The lowest BCUT2D eigenvalue weighted by Gasteiger charge is -2.44. The zero-order valence-electron chi connectivity index (χ0n) is 20.1. The highest BCUT2D eigenvalue weighted by atomic mass is 19.4. The molecule has 2 N–H and O–H groups in total. The van der Waals surface area contributed by atoms with Gasteiger partial charge in [-0.2, -0.15) is 13.2 Å². The number of nitrogens with one attached hydrogen (secondary N) is 1. The number of alkyl halides is 3. The minimum absolute atomic E-state index is 0.0943. The van der Waals surface area contributed by atoms with Gasteiger partial charge >= 0.3 is 6.18 Å². The molecule has 0 aromatic carbocycles. The van der Waals surface area contributed by atoms with Crippen molar-refractivity contribution in [1.82, 2.24) is 9.88 Å². The van der Waals surface area contributed by atoms with Crippen molar-refractivity contribution in [3.8, 4) is 0 Å². The Balaban J connectivity index is 2.51. The fraction of sp³-hybridized carbons (Fsp3) is 0.520. The second-order valence-electron chi connectivity index (χ2n) is 8.99. The lowest BCUT2D eigenvalue weighted by molar-refractivity contribution is -0.0888. The number of allylic oxidation sites excluding steroid dienone is 4. The van der Waals surface area contributed by atoms with Gasteiger partial charge in [0.25, 0.3) is 0 Å². The number of β-amino-alcohol motifs (C(OH)–C–C–N with tert-alkyl or cyclic N) is 1. The van der Waals surface area contributed by atoms with Crippen LogP contribution in [0.3, 0.4) is 0 Å². The van der Waals surface area contributed by atoms with Crippen molar-refractivity contribution < 1.29 is 18.3 Å². The van der Waals surface area contributed by atoms with E-state index in [9.17, 15) is 18.3 Å². The van der Waals surface area contributed by atoms with Crippen LogP contribution in [0.5, 0.6) is 0 Å². The molecule has 0 saturated carbocycles. The van der Waals surface area contributed by atoms with Gasteiger partial charge in [0.1, 0.15) is 5.82 Å². The molecule has 1 fully saturated rings. The monoisotopic (exact) mass is 464 g/mol. The average Bonchev–Trinajstić information content (AvgIpc) is 2.74. The first-order valence-corrected chi connectivity index (χ1v) is 11.2. The highest BCUT2D eigenvalue weighted by Gasteiger charge is 2.39. The van der Waals surface area contributed by atoms with Gasteiger partial charge in [0, 0.05) is 37.5 Å². The van der Waals surface area contributed by atoms with Crippen LogP contribution in [0.4, 0.5) is 19.0 Å². The Morgan fingerprint density at radius 1 is 1.45 bits per heavy atom. The van der Waals surface area contributed by atoms with Gasteiger partial charge in [0.2, 0.25) is 0 Å². The zero-order chi connectivity index (χ0) is 24.8. The summed E-state index contributed by atoms with van der Waals surface area (Å²) in [6, 6.07) is 3.30. The van der Waals surface area contributed by atoms with E-state index in [2.05, 4.69) is 21.9 Å². The fourth-order valence-electron chi connectivity index (χ4n) is 4.19. The molecule has 2 unspecified atom stereocenters. The van der Waals surface area contributed by atoms with E-state index < -0.39 is 17.4 Å². The number of halogens is 3. The van der Waals surface area contributed by atoms with Crippen LogP contribution >= 0.6 is 0 Å². The molecule has 182 valence electrons. The average molecular weight is 465 g/mol. The number of nitrogens with zero attached hydrogens (tertiary/aromatic N) is 3. The van der Waals surface area contributed by atoms with Crippen LogP contribution < -0.4 is 5.32 Å². The Morgan fingerprint density at radius 2 is 2.15 bits per heavy atom. The number of likely N-dealkylation sites (tertiary alicyclic amines) is 1. The largest absolute Gasteiger partial charge is 0.418 e. The summed E-state index contributed by atoms with van der Waals surface area (Å²) in [5.74, 6) is 0.800. The van der Waals surface area contributed by atoms with E-state index >= 15 is 0 Å². The molecule has 8 heteroatoms. The van der Waals surface area contributed by atoms with E-state index in [1.807, 2.05) is 20.8 Å². The molecule has 0 spiro atoms. The topological polar surface area (TPSA) is 60.8 Å². The molecule has 2 atom stereocenters. The Bertz CT molecular complexity index is 920. The van der Waals surface area contributed by atoms with E-state index in [-0.39, 0.29) is 17.2 Å². The Hall–Kier alpha value is -2.61. The van der Waals surface area contributed by atoms with Crippen molar-refractivity contribution >= 4 is 17.7 Å². The number of pyridine rings is 1. The Kier molecular flexibility index (Phi) is 8.89. The lowest BCUT2D eigenvalue weighted by atomic mass is 9.77. The first-order chi connectivity index (χ1) is 15.4. The van der Waals surface area contributed by atoms with Crippen LogP contribution in [0.25, 0.3) is 5.57 Å². The maximum absolute atomic E-state index is 14.0. The Labute approximate surface area is 194 Å². The number of aromatic nitrogens is 1. The van der Waals surface area contributed by atoms with Gasteiger partial charge in [0.15, 0.2) is 0 Å². The predicted octanol–water partition coefficient (Wildman–Crippen LogP) is 5.68. The molecule has 1 saturated heterocycles. The maximum atomic E-state index is 14.0. The zero-order valence-corrected chi connectivity index (χ0v) is 20.1. The fourth-order valence-corrected chi connectivity index (χ4v) is 4.19. The van der Waals surface area contributed by atoms with Crippen LogP contribution in [0.15, 0.2) is 53.3 Å². The minimum atomic E-state index is -4.63. The van der Waals surface area contributed by atoms with E-state index in [4.69, 9.17) is 0 Å². The summed E-state index contributed by atoms with van der Waals surface area (Å²) in [5, 5.41) is 14.1. The number of aliphatic imine (C=N–C) groups is 1. The number of anilines is 1. The summed E-state index contributed by atoms with van der Waals surface area (Å²) in [4.78, 5) is 10.3. The van der Waals surface area contributed by atoms with Gasteiger partial charge in [-0.3, -0.25) is 0 Å². The molecular weight excluding hydrogens is 429 g/mol. The first kappa shape index (κ1) is 26.6. The summed E-state index contributed by atoms with van der Waals surface area (Å²) in [7, 11) is 1.65. The van der Waals surface area contributed by atoms with Gasteiger partial charge in [0.05, 0.1) is 23.2 Å². The molecule has 1 aliphatic heterocycles. The van der Waals surface area contributed by atoms with Crippen molar-refractivity contribution in [3.63, 3.8) is 0 Å². The molecular formula is C25H35F3N4O. The summed E-state index contributed by atoms with van der Waals surface area (Å²) >= 11 is 0. The molecule has 0 aliphatic carbocycles. The van der Waals surface area contributed by atoms with E-state index in [1.165, 1.54) is 19.3 Å². The molecule has 2 rings (SSSR count). The van der Waals surface area contributed by atoms with Crippen LogP contribution in [-0.2, 0) is 0 Å². The number of rotatable bonds is 8. The first-order valence-electron chi connectivity index (χ1n) is 11.2. The molecule has 1 aliphatic rings. The molecule has 1 aromatic rings. The third-order valence-electron chi connectivity index (χ3n) is 5.90. The summed E-state index contributed by atoms with van der Waals surface area (Å²) in [6.45, 7) is 12.5. The molecule has 0 amide bonds. The van der Waals surface area contributed by atoms with Crippen molar-refractivity contribution in [2.75, 3.05) is 25.5 Å². The van der Waals surface area contributed by atoms with Crippen molar-refractivity contribution in [1.29, 1.82) is 0 Å². The molecule has 2 heterocycles. The molecule has 0 bridgehead atoms. The van der Waals surface area contributed by atoms with Gasteiger partial charge in [-0.05, 0) is 43.7 Å². The summed E-state index contributed by atoms with van der Waals surface area (Å²) < 4.78 is 42.0. The van der Waals surface area contributed by atoms with E-state index in [0.29, 0.717) is 36.8 Å². The third-order valence-corrected chi connectivity index (χ3v) is 5.90. The normalized spacial score (nSPS) is 22.8. The molecule has 1 aromatic heterocycles. The highest BCUT2D eigenvalue weighted by molar-refractivity contribution is 5.85. The summed E-state index contributed by atoms with van der Waals surface area (Å²) in [6.07, 6.45) is 2.00. The van der Waals surface area contributed by atoms with E-state index in [0.717, 1.165) is 12.5 Å². The van der Waals surface area contributed by atoms with Gasteiger partial charge in [-0.1, -0.05) is 39.5 Å². The lowest BCUT2D eigenvalue weighted by Crippen LogP contribution is -2.53. The van der Waals surface area contributed by atoms with Crippen LogP contribution in [0, 0.1) is 11.8 Å². The van der Waals surface area contributed by atoms with Crippen LogP contribution in [-0.4, -0.2) is 53.2 Å². The summed E-state index contributed by atoms with van der Waals surface area (Å²) in [5.41, 5.74) is -1.55. The predicted molar refractivity (Wildman–Crippen MR) is 129 cm³/mol. The minimum Gasteiger partial charge on any atom is -0.388 e. The standard InChI is InChI=1S/C25H35F3N4O/c1-7-9-21(25(26,27)28)22(19(5)20-10-8-12-30-23(20)29-6)31-16-32-13-11-18(4)24(33,15-32)14-17(2)3/h7-10,12,16-18,33H,5,11,13-15H2,1-4,6H3,(H,29,30)/b9-7-,22-21+,31-16?. The number of aliphatic hydroxyl groups is 1. The third kappa shape index (κ3) is 6.69. The highest BCUT2D eigenvalue weighted by Crippen LogP contribution is 2.37. The molecule has 33 heavy (non-hydrogen) atoms. The number of hydrogen-bond acceptors (Lipinski definition) is 4. The van der Waals surface area contributed by atoms with Gasteiger partial charge < -0.3 is 15.3 Å². The molecule has 5 nitrogen and oxygen atoms in total. The SMILES string of the molecule is C=C(/C(N=CN1CCC(C)C(O)(CC(C)C)C1)=C(/C=C\C)C(F)(F)F)c1cccnc1NC. The van der Waals surface area contributed by atoms with E-state index in [1.54, 1.807) is 30.3 Å². The number of piperidine rings is 1. The van der Waals surface area contributed by atoms with Crippen molar-refractivity contribution in [3.05, 3.63) is 53.9 Å². The maximum Gasteiger partial charge on any atom is 0.418 e. The smallest absolute Gasteiger partial charge is 0.388 e. The van der Waals surface area contributed by atoms with Gasteiger partial charge in [-0.15, -0.1) is 0 Å². The Morgan fingerprint density at radius 3 is 2.73 bits per heavy atom. The second-order valence-corrected chi connectivity index (χ2v) is 8.99. The quantitative estimate of drug-likeness (QED) is 0.295. The van der Waals surface area contributed by atoms with Crippen molar-refractivity contribution in [2.45, 2.75) is 52.3 Å². The van der Waals surface area contributed by atoms with Crippen molar-refractivity contribution in [2.24, 2.45) is 16.8 Å². The number of hydrogen-bond donors (Lipinski definition) is 2. The molecule has 0 radical (unpaired) electrons. The van der Waals surface area contributed by atoms with Crippen LogP contribution in [0.2, 0.25) is 0 Å². The van der Waals surface area contributed by atoms with Gasteiger partial charge in [-0.25, -0.2) is 9.98 Å². The van der Waals surface area contributed by atoms with Crippen LogP contribution in [0.1, 0.15) is 46.1 Å².